The number of aromatic hydroxyl groups is 1. The predicted molar refractivity (Wildman–Crippen MR) is 299 cm³/mol. The van der Waals surface area contributed by atoms with Gasteiger partial charge in [-0.05, 0) is 57.0 Å². The molecular weight excluding hydrogens is 1110 g/mol. The topological polar surface area (TPSA) is 320 Å². The fourth-order valence-electron chi connectivity index (χ4n) is 9.31. The van der Waals surface area contributed by atoms with Crippen molar-refractivity contribution in [1.29, 1.82) is 0 Å². The van der Waals surface area contributed by atoms with Gasteiger partial charge in [0.2, 0.25) is 41.4 Å². The van der Waals surface area contributed by atoms with Gasteiger partial charge < -0.3 is 69.1 Å². The van der Waals surface area contributed by atoms with Crippen LogP contribution in [-0.2, 0) is 77.9 Å². The van der Waals surface area contributed by atoms with E-state index in [9.17, 15) is 53.4 Å². The van der Waals surface area contributed by atoms with E-state index in [1.807, 2.05) is 6.92 Å². The number of phenolic OH excluding ortho intramolecular Hbond substituents is 1. The molecule has 3 saturated heterocycles. The van der Waals surface area contributed by atoms with Crippen LogP contribution in [0.15, 0.2) is 61.2 Å². The Morgan fingerprint density at radius 1 is 1.01 bits per heavy atom. The molecule has 4 aliphatic rings. The standard InChI is InChI=1S/C55H76ClN7O18S/c1-10-43(65)58-29-36(30-59-44(66)11-2)78-31-45(67)57-16-18-76-20-21-77-19-17-63-48(70)26-40(51(63)71)82-22-15-46(68)61(7)34(5)52(72)80-42-27-47(69)62(8)37-24-35(25-38(64)49(37)56)23-32(3)13-12-14-41(75-9)55(74)28-39(79-53(73)60-55)33(4)50-54(42,6)81-50/h10-14,24-25,33-34,36,39-42,50,64,74H,1-2,15-23,26-31H2,3-9H3,(H,57,67)(H,58,65)(H,59,66)(H,60,73)/b14-12+,32-13+/t33-,34+,39+,40?,41-,42+,50+,54+,55+/m1/s1. The number of benzene rings is 1. The van der Waals surface area contributed by atoms with Gasteiger partial charge in [0.25, 0.3) is 0 Å². The number of imide groups is 1. The van der Waals surface area contributed by atoms with Crippen molar-refractivity contribution >= 4 is 82.5 Å². The fraction of sp³-hybridized carbons (Fsp3) is 0.582. The summed E-state index contributed by atoms with van der Waals surface area (Å²) < 4.78 is 40.3. The highest BCUT2D eigenvalue weighted by Gasteiger charge is 2.64. The molecule has 0 radical (unpaired) electrons. The van der Waals surface area contributed by atoms with Gasteiger partial charge in [-0.25, -0.2) is 9.59 Å². The minimum Gasteiger partial charge on any atom is -0.506 e. The molecule has 0 saturated carbocycles. The summed E-state index contributed by atoms with van der Waals surface area (Å²) in [7, 11) is 4.26. The number of allylic oxidation sites excluding steroid dienone is 3. The van der Waals surface area contributed by atoms with E-state index in [4.69, 9.17) is 44.8 Å². The first-order valence-corrected chi connectivity index (χ1v) is 28.1. The molecule has 25 nitrogen and oxygen atoms in total. The first kappa shape index (κ1) is 66.4. The minimum absolute atomic E-state index is 0.00219. The number of esters is 1. The molecule has 6 N–H and O–H groups in total. The Hall–Kier alpha value is -6.39. The zero-order valence-electron chi connectivity index (χ0n) is 47.2. The largest absolute Gasteiger partial charge is 0.506 e. The maximum atomic E-state index is 14.3. The summed E-state index contributed by atoms with van der Waals surface area (Å²) >= 11 is 7.71. The number of hydrogen-bond acceptors (Lipinski definition) is 19. The number of amides is 8. The number of carbonyl (C=O) groups excluding carboxylic acids is 9. The predicted octanol–water partition coefficient (Wildman–Crippen LogP) is 1.60. The molecule has 4 aliphatic heterocycles. The van der Waals surface area contributed by atoms with Crippen molar-refractivity contribution in [3.05, 3.63) is 71.8 Å². The van der Waals surface area contributed by atoms with Crippen LogP contribution in [0.2, 0.25) is 5.02 Å². The number of likely N-dealkylation sites (tertiary alicyclic amines) is 1. The number of fused-ring (bicyclic) bond motifs is 5. The molecule has 5 rings (SSSR count). The SMILES string of the molecule is C=CC(=O)NCC(CNC(=O)C=C)OCC(=O)NCCOCCOCCN1C(=O)CC(SCCC(=O)N(C)[C@@H](C)C(=O)O[C@H]2CC(=O)N(C)c3cc(cc(O)c3Cl)C/C(C)=C/C=C/[C@@H](OC)[C@@]3(O)C[C@H](OC(=O)N3)[C@@H](C)[C@@H]3O[C@@]23C)C1=O. The van der Waals surface area contributed by atoms with Crippen LogP contribution in [-0.4, -0.2) is 213 Å². The van der Waals surface area contributed by atoms with E-state index in [0.717, 1.165) is 34.4 Å². The second-order valence-corrected chi connectivity index (χ2v) is 22.0. The van der Waals surface area contributed by atoms with E-state index in [0.29, 0.717) is 12.0 Å². The van der Waals surface area contributed by atoms with Gasteiger partial charge in [0.05, 0.1) is 62.5 Å². The monoisotopic (exact) mass is 1190 g/mol. The summed E-state index contributed by atoms with van der Waals surface area (Å²) in [5, 5.41) is 32.1. The van der Waals surface area contributed by atoms with Crippen molar-refractivity contribution in [2.75, 3.05) is 91.1 Å². The highest BCUT2D eigenvalue weighted by molar-refractivity contribution is 8.00. The fourth-order valence-corrected chi connectivity index (χ4v) is 10.7. The van der Waals surface area contributed by atoms with E-state index < -0.39 is 119 Å². The summed E-state index contributed by atoms with van der Waals surface area (Å²) in [5.74, 6) is -4.84. The van der Waals surface area contributed by atoms with Crippen LogP contribution in [0.5, 0.6) is 5.75 Å². The first-order chi connectivity index (χ1) is 38.8. The summed E-state index contributed by atoms with van der Waals surface area (Å²) in [6.45, 7) is 13.7. The minimum atomic E-state index is -1.91. The molecule has 3 fully saturated rings. The third-order valence-electron chi connectivity index (χ3n) is 14.4. The lowest BCUT2D eigenvalue weighted by molar-refractivity contribution is -0.162. The van der Waals surface area contributed by atoms with Crippen LogP contribution in [0.1, 0.15) is 58.9 Å². The second-order valence-electron chi connectivity index (χ2n) is 20.3. The van der Waals surface area contributed by atoms with E-state index >= 15 is 0 Å². The number of thioether (sulfide) groups is 1. The Morgan fingerprint density at radius 3 is 2.34 bits per heavy atom. The number of likely N-dealkylation sites (N-methyl/N-ethyl adjacent to an activating group) is 1. The number of anilines is 1. The Balaban J connectivity index is 1.10. The molecule has 1 unspecified atom stereocenters. The maximum absolute atomic E-state index is 14.3. The molecule has 9 atom stereocenters. The molecule has 82 heavy (non-hydrogen) atoms. The van der Waals surface area contributed by atoms with Gasteiger partial charge in [0, 0.05) is 71.8 Å². The molecule has 8 amide bonds. The molecular formula is C55H76ClN7O18S. The van der Waals surface area contributed by atoms with Crippen LogP contribution >= 0.6 is 23.4 Å². The Morgan fingerprint density at radius 2 is 1.68 bits per heavy atom. The summed E-state index contributed by atoms with van der Waals surface area (Å²) in [6.07, 6.45) is 1.14. The van der Waals surface area contributed by atoms with Crippen LogP contribution < -0.4 is 26.2 Å². The number of ether oxygens (including phenoxy) is 7. The zero-order valence-corrected chi connectivity index (χ0v) is 48.8. The van der Waals surface area contributed by atoms with Crippen LogP contribution in [0, 0.1) is 5.92 Å². The summed E-state index contributed by atoms with van der Waals surface area (Å²) in [5.41, 5.74) is -1.64. The molecule has 4 heterocycles. The quantitative estimate of drug-likeness (QED) is 0.0252. The van der Waals surface area contributed by atoms with Crippen molar-refractivity contribution in [2.45, 2.75) is 113 Å². The highest BCUT2D eigenvalue weighted by atomic mass is 35.5. The molecule has 1 aromatic rings. The van der Waals surface area contributed by atoms with Crippen molar-refractivity contribution in [1.82, 2.24) is 31.1 Å². The Kier molecular flexibility index (Phi) is 24.9. The maximum Gasteiger partial charge on any atom is 0.409 e. The van der Waals surface area contributed by atoms with E-state index in [-0.39, 0.29) is 101 Å². The first-order valence-electron chi connectivity index (χ1n) is 26.7. The number of hydrogen-bond donors (Lipinski definition) is 6. The van der Waals surface area contributed by atoms with Gasteiger partial charge in [-0.3, -0.25) is 43.8 Å². The number of halogens is 1. The van der Waals surface area contributed by atoms with Gasteiger partial charge in [-0.1, -0.05) is 55.5 Å². The Bertz CT molecular complexity index is 2580. The number of nitrogens with one attached hydrogen (secondary N) is 4. The van der Waals surface area contributed by atoms with E-state index in [2.05, 4.69) is 34.4 Å². The van der Waals surface area contributed by atoms with Gasteiger partial charge in [-0.2, -0.15) is 0 Å². The molecule has 4 bridgehead atoms. The normalized spacial score (nSPS) is 26.0. The number of alkyl carbamates (subject to hydrolysis) is 1. The lowest BCUT2D eigenvalue weighted by Crippen LogP contribution is -2.63. The second kappa shape index (κ2) is 30.8. The van der Waals surface area contributed by atoms with Gasteiger partial charge >= 0.3 is 12.1 Å². The number of phenols is 1. The number of nitrogens with zero attached hydrogens (tertiary/aromatic N) is 3. The molecule has 0 aromatic heterocycles. The summed E-state index contributed by atoms with van der Waals surface area (Å²) in [6, 6.07) is 1.95. The Labute approximate surface area is 485 Å². The molecule has 452 valence electrons. The van der Waals surface area contributed by atoms with Crippen LogP contribution in [0.3, 0.4) is 0 Å². The molecule has 0 aliphatic carbocycles. The molecule has 27 heteroatoms. The van der Waals surface area contributed by atoms with Gasteiger partial charge in [0.1, 0.15) is 47.3 Å². The number of methoxy groups -OCH3 is 1. The van der Waals surface area contributed by atoms with Crippen molar-refractivity contribution in [2.24, 2.45) is 5.92 Å². The summed E-state index contributed by atoms with van der Waals surface area (Å²) in [4.78, 5) is 120. The highest BCUT2D eigenvalue weighted by Crippen LogP contribution is 2.49. The average molecular weight is 1190 g/mol. The number of epoxide rings is 1. The van der Waals surface area contributed by atoms with E-state index in [1.54, 1.807) is 38.1 Å². The molecule has 0 spiro atoms. The van der Waals surface area contributed by atoms with Gasteiger partial charge in [0.15, 0.2) is 5.72 Å². The van der Waals surface area contributed by atoms with Crippen molar-refractivity contribution in [3.63, 3.8) is 0 Å². The molecule has 1 aromatic carbocycles. The van der Waals surface area contributed by atoms with Crippen LogP contribution in [0.4, 0.5) is 10.5 Å². The number of carbonyl (C=O) groups is 9. The number of rotatable bonds is 26. The third-order valence-corrected chi connectivity index (χ3v) is 16.0. The van der Waals surface area contributed by atoms with Crippen molar-refractivity contribution < 1.29 is 86.5 Å². The van der Waals surface area contributed by atoms with Crippen molar-refractivity contribution in [3.8, 4) is 5.75 Å². The lowest BCUT2D eigenvalue weighted by Gasteiger charge is -2.42. The zero-order chi connectivity index (χ0) is 60.5. The van der Waals surface area contributed by atoms with Gasteiger partial charge in [-0.15, -0.1) is 11.8 Å². The van der Waals surface area contributed by atoms with E-state index in [1.165, 1.54) is 44.0 Å². The smallest absolute Gasteiger partial charge is 0.409 e. The van der Waals surface area contributed by atoms with Crippen LogP contribution in [0.25, 0.3) is 0 Å². The third kappa shape index (κ3) is 18.3. The average Bonchev–Trinajstić information content (AvgIpc) is 4.24. The number of aliphatic hydroxyl groups is 1. The lowest BCUT2D eigenvalue weighted by atomic mass is 9.83.